The minimum absolute atomic E-state index is 0.236. The summed E-state index contributed by atoms with van der Waals surface area (Å²) in [6.07, 6.45) is -0.650. The monoisotopic (exact) mass is 227 g/mol. The minimum atomic E-state index is -0.650. The molecule has 1 aromatic carbocycles. The number of hydrogen-bond acceptors (Lipinski definition) is 2. The molecule has 3 N–H and O–H groups in total. The molecule has 2 atom stereocenters. The van der Waals surface area contributed by atoms with Crippen molar-refractivity contribution in [3.63, 3.8) is 0 Å². The Morgan fingerprint density at radius 3 is 2.40 bits per heavy atom. The Morgan fingerprint density at radius 1 is 1.33 bits per heavy atom. The van der Waals surface area contributed by atoms with E-state index in [1.807, 2.05) is 32.9 Å². The smallest absolute Gasteiger partial charge is 0.0943 e. The summed E-state index contributed by atoms with van der Waals surface area (Å²) < 4.78 is 0. The van der Waals surface area contributed by atoms with E-state index in [4.69, 9.17) is 17.3 Å². The third kappa shape index (κ3) is 2.94. The SMILES string of the molecule is Cc1ccc(C(O)C(N)C(C)C)cc1Cl. The van der Waals surface area contributed by atoms with Gasteiger partial charge in [0, 0.05) is 11.1 Å². The molecule has 2 nitrogen and oxygen atoms in total. The summed E-state index contributed by atoms with van der Waals surface area (Å²) in [7, 11) is 0. The summed E-state index contributed by atoms with van der Waals surface area (Å²) in [5.74, 6) is 0.236. The van der Waals surface area contributed by atoms with E-state index in [1.165, 1.54) is 0 Å². The lowest BCUT2D eigenvalue weighted by atomic mass is 9.94. The van der Waals surface area contributed by atoms with Crippen molar-refractivity contribution in [2.45, 2.75) is 32.9 Å². The molecular formula is C12H18ClNO. The zero-order chi connectivity index (χ0) is 11.6. The van der Waals surface area contributed by atoms with Crippen molar-refractivity contribution in [3.05, 3.63) is 34.3 Å². The molecule has 0 aromatic heterocycles. The first kappa shape index (κ1) is 12.5. The summed E-state index contributed by atoms with van der Waals surface area (Å²) in [6, 6.07) is 5.29. The molecule has 1 rings (SSSR count). The molecule has 0 fully saturated rings. The lowest BCUT2D eigenvalue weighted by Crippen LogP contribution is -2.33. The third-order valence-corrected chi connectivity index (χ3v) is 3.08. The molecule has 15 heavy (non-hydrogen) atoms. The van der Waals surface area contributed by atoms with Crippen molar-refractivity contribution in [3.8, 4) is 0 Å². The molecule has 1 aromatic rings. The Morgan fingerprint density at radius 2 is 1.93 bits per heavy atom. The van der Waals surface area contributed by atoms with Gasteiger partial charge in [-0.25, -0.2) is 0 Å². The maximum Gasteiger partial charge on any atom is 0.0943 e. The van der Waals surface area contributed by atoms with Gasteiger partial charge in [-0.05, 0) is 30.0 Å². The van der Waals surface area contributed by atoms with Crippen LogP contribution < -0.4 is 5.73 Å². The summed E-state index contributed by atoms with van der Waals surface area (Å²) >= 11 is 5.99. The van der Waals surface area contributed by atoms with Crippen molar-refractivity contribution >= 4 is 11.6 Å². The normalized spacial score (nSPS) is 15.4. The van der Waals surface area contributed by atoms with Crippen LogP contribution in [0.3, 0.4) is 0 Å². The highest BCUT2D eigenvalue weighted by Crippen LogP contribution is 2.24. The van der Waals surface area contributed by atoms with Gasteiger partial charge in [-0.1, -0.05) is 37.6 Å². The Balaban J connectivity index is 2.91. The summed E-state index contributed by atoms with van der Waals surface area (Å²) in [6.45, 7) is 5.91. The molecular weight excluding hydrogens is 210 g/mol. The highest BCUT2D eigenvalue weighted by Gasteiger charge is 2.20. The molecule has 0 saturated carbocycles. The van der Waals surface area contributed by atoms with E-state index in [1.54, 1.807) is 6.07 Å². The Hall–Kier alpha value is -0.570. The average molecular weight is 228 g/mol. The maximum atomic E-state index is 9.99. The fraction of sp³-hybridized carbons (Fsp3) is 0.500. The lowest BCUT2D eigenvalue weighted by molar-refractivity contribution is 0.126. The van der Waals surface area contributed by atoms with Crippen molar-refractivity contribution in [2.75, 3.05) is 0 Å². The number of aliphatic hydroxyl groups is 1. The largest absolute Gasteiger partial charge is 0.387 e. The van der Waals surface area contributed by atoms with Crippen LogP contribution in [0.25, 0.3) is 0 Å². The average Bonchev–Trinajstić information content (AvgIpc) is 2.19. The predicted molar refractivity (Wildman–Crippen MR) is 64.0 cm³/mol. The van der Waals surface area contributed by atoms with Gasteiger partial charge in [-0.2, -0.15) is 0 Å². The van der Waals surface area contributed by atoms with Crippen molar-refractivity contribution in [1.29, 1.82) is 0 Å². The highest BCUT2D eigenvalue weighted by atomic mass is 35.5. The van der Waals surface area contributed by atoms with Crippen LogP contribution >= 0.6 is 11.6 Å². The number of aryl methyl sites for hydroxylation is 1. The van der Waals surface area contributed by atoms with Gasteiger partial charge >= 0.3 is 0 Å². The van der Waals surface area contributed by atoms with E-state index < -0.39 is 6.10 Å². The Kier molecular flexibility index (Phi) is 4.14. The van der Waals surface area contributed by atoms with Gasteiger partial charge in [-0.15, -0.1) is 0 Å². The second-order valence-electron chi connectivity index (χ2n) is 4.27. The molecule has 0 bridgehead atoms. The number of halogens is 1. The van der Waals surface area contributed by atoms with Gasteiger partial charge in [0.25, 0.3) is 0 Å². The Labute approximate surface area is 96.1 Å². The second-order valence-corrected chi connectivity index (χ2v) is 4.68. The molecule has 84 valence electrons. The van der Waals surface area contributed by atoms with Crippen LogP contribution in [0.4, 0.5) is 0 Å². The van der Waals surface area contributed by atoms with Gasteiger partial charge < -0.3 is 10.8 Å². The molecule has 0 aliphatic carbocycles. The third-order valence-electron chi connectivity index (χ3n) is 2.67. The van der Waals surface area contributed by atoms with Crippen molar-refractivity contribution in [1.82, 2.24) is 0 Å². The molecule has 0 spiro atoms. The molecule has 0 saturated heterocycles. The number of hydrogen-bond donors (Lipinski definition) is 2. The van der Waals surface area contributed by atoms with Gasteiger partial charge in [0.1, 0.15) is 0 Å². The zero-order valence-electron chi connectivity index (χ0n) is 9.37. The van der Waals surface area contributed by atoms with E-state index >= 15 is 0 Å². The number of aliphatic hydroxyl groups excluding tert-OH is 1. The fourth-order valence-corrected chi connectivity index (χ4v) is 1.57. The number of nitrogens with two attached hydrogens (primary N) is 1. The molecule has 0 amide bonds. The highest BCUT2D eigenvalue weighted by molar-refractivity contribution is 6.31. The number of benzene rings is 1. The van der Waals surface area contributed by atoms with Gasteiger partial charge in [-0.3, -0.25) is 0 Å². The van der Waals surface area contributed by atoms with E-state index in [9.17, 15) is 5.11 Å². The summed E-state index contributed by atoms with van der Waals surface area (Å²) in [4.78, 5) is 0. The summed E-state index contributed by atoms with van der Waals surface area (Å²) in [5, 5.41) is 10.7. The lowest BCUT2D eigenvalue weighted by Gasteiger charge is -2.22. The Bertz CT molecular complexity index is 338. The van der Waals surface area contributed by atoms with Crippen LogP contribution in [0, 0.1) is 12.8 Å². The van der Waals surface area contributed by atoms with Gasteiger partial charge in [0.05, 0.1) is 6.10 Å². The van der Waals surface area contributed by atoms with Crippen molar-refractivity contribution in [2.24, 2.45) is 11.7 Å². The fourth-order valence-electron chi connectivity index (χ4n) is 1.38. The molecule has 0 aliphatic heterocycles. The zero-order valence-corrected chi connectivity index (χ0v) is 10.1. The van der Waals surface area contributed by atoms with Crippen LogP contribution in [0.5, 0.6) is 0 Å². The van der Waals surface area contributed by atoms with E-state index in [0.29, 0.717) is 5.02 Å². The first-order valence-corrected chi connectivity index (χ1v) is 5.51. The summed E-state index contributed by atoms with van der Waals surface area (Å²) in [5.41, 5.74) is 7.68. The minimum Gasteiger partial charge on any atom is -0.387 e. The van der Waals surface area contributed by atoms with E-state index in [2.05, 4.69) is 0 Å². The van der Waals surface area contributed by atoms with Crippen molar-refractivity contribution < 1.29 is 5.11 Å². The van der Waals surface area contributed by atoms with E-state index in [0.717, 1.165) is 11.1 Å². The number of rotatable bonds is 3. The molecule has 0 radical (unpaired) electrons. The topological polar surface area (TPSA) is 46.2 Å². The molecule has 0 aliphatic rings. The van der Waals surface area contributed by atoms with E-state index in [-0.39, 0.29) is 12.0 Å². The van der Waals surface area contributed by atoms with Crippen LogP contribution in [-0.2, 0) is 0 Å². The predicted octanol–water partition coefficient (Wildman–Crippen LogP) is 2.67. The quantitative estimate of drug-likeness (QED) is 0.834. The van der Waals surface area contributed by atoms with Gasteiger partial charge in [0.2, 0.25) is 0 Å². The standard InChI is InChI=1S/C12H18ClNO/c1-7(2)11(14)12(15)9-5-4-8(3)10(13)6-9/h4-7,11-12,15H,14H2,1-3H3. The van der Waals surface area contributed by atoms with Crippen LogP contribution in [0.1, 0.15) is 31.1 Å². The van der Waals surface area contributed by atoms with Crippen LogP contribution in [-0.4, -0.2) is 11.1 Å². The molecule has 3 heteroatoms. The molecule has 2 unspecified atom stereocenters. The maximum absolute atomic E-state index is 9.99. The van der Waals surface area contributed by atoms with Crippen LogP contribution in [0.2, 0.25) is 5.02 Å². The molecule has 0 heterocycles. The second kappa shape index (κ2) is 4.97. The van der Waals surface area contributed by atoms with Gasteiger partial charge in [0.15, 0.2) is 0 Å². The van der Waals surface area contributed by atoms with Crippen LogP contribution in [0.15, 0.2) is 18.2 Å². The first-order valence-electron chi connectivity index (χ1n) is 5.13. The first-order chi connectivity index (χ1) is 6.93.